The van der Waals surface area contributed by atoms with Gasteiger partial charge in [0.2, 0.25) is 0 Å². The number of thioether (sulfide) groups is 1. The molecule has 1 heterocycles. The molecule has 5 nitrogen and oxygen atoms in total. The van der Waals surface area contributed by atoms with Crippen LogP contribution >= 0.6 is 11.8 Å². The van der Waals surface area contributed by atoms with Gasteiger partial charge in [-0.1, -0.05) is 11.8 Å². The van der Waals surface area contributed by atoms with Crippen molar-refractivity contribution in [3.63, 3.8) is 0 Å². The highest BCUT2D eigenvalue weighted by atomic mass is 32.2. The lowest BCUT2D eigenvalue weighted by Gasteiger charge is -2.08. The molecule has 0 amide bonds. The maximum atomic E-state index is 11.4. The van der Waals surface area contributed by atoms with Crippen LogP contribution in [0.1, 0.15) is 6.92 Å². The van der Waals surface area contributed by atoms with E-state index in [-0.39, 0.29) is 9.92 Å². The fourth-order valence-corrected chi connectivity index (χ4v) is 3.00. The van der Waals surface area contributed by atoms with E-state index < -0.39 is 21.1 Å². The lowest BCUT2D eigenvalue weighted by atomic mass is 10.5. The van der Waals surface area contributed by atoms with Crippen LogP contribution in [0.15, 0.2) is 28.3 Å². The van der Waals surface area contributed by atoms with Crippen molar-refractivity contribution < 1.29 is 18.3 Å². The van der Waals surface area contributed by atoms with Gasteiger partial charge in [0.15, 0.2) is 9.84 Å². The molecule has 0 saturated heterocycles. The monoisotopic (exact) mass is 261 g/mol. The molecule has 16 heavy (non-hydrogen) atoms. The molecule has 1 aromatic heterocycles. The second kappa shape index (κ2) is 4.84. The number of carboxylic acid groups (broad SMARTS) is 1. The van der Waals surface area contributed by atoms with Crippen molar-refractivity contribution in [2.75, 3.05) is 6.26 Å². The highest BCUT2D eigenvalue weighted by molar-refractivity contribution is 8.01. The number of carbonyl (C=O) groups is 1. The van der Waals surface area contributed by atoms with Crippen molar-refractivity contribution in [3.8, 4) is 0 Å². The number of aromatic nitrogens is 1. The normalized spacial score (nSPS) is 13.4. The highest BCUT2D eigenvalue weighted by Gasteiger charge is 2.19. The van der Waals surface area contributed by atoms with Gasteiger partial charge in [0.25, 0.3) is 0 Å². The number of rotatable bonds is 4. The number of pyridine rings is 1. The standard InChI is InChI=1S/C9H11NO4S2/c1-6(9(11)12)15-8-7(16(2,13)14)4-3-5-10-8/h3-6H,1-2H3,(H,11,12). The molecule has 0 aliphatic heterocycles. The van der Waals surface area contributed by atoms with E-state index in [0.717, 1.165) is 18.0 Å². The molecule has 1 unspecified atom stereocenters. The second-order valence-corrected chi connectivity index (χ2v) is 6.49. The molecule has 0 saturated carbocycles. The fraction of sp³-hybridized carbons (Fsp3) is 0.333. The van der Waals surface area contributed by atoms with Gasteiger partial charge < -0.3 is 5.11 Å². The minimum Gasteiger partial charge on any atom is -0.480 e. The van der Waals surface area contributed by atoms with Crippen LogP contribution in [-0.2, 0) is 14.6 Å². The Morgan fingerprint density at radius 3 is 2.69 bits per heavy atom. The van der Waals surface area contributed by atoms with E-state index >= 15 is 0 Å². The number of nitrogens with zero attached hydrogens (tertiary/aromatic N) is 1. The molecule has 1 atom stereocenters. The summed E-state index contributed by atoms with van der Waals surface area (Å²) in [6.45, 7) is 1.48. The van der Waals surface area contributed by atoms with Crippen LogP contribution in [-0.4, -0.2) is 36.0 Å². The quantitative estimate of drug-likeness (QED) is 0.815. The Morgan fingerprint density at radius 1 is 1.56 bits per heavy atom. The predicted octanol–water partition coefficient (Wildman–Crippen LogP) is 1.05. The Labute approximate surface area is 97.8 Å². The summed E-state index contributed by atoms with van der Waals surface area (Å²) in [4.78, 5) is 14.6. The van der Waals surface area contributed by atoms with Gasteiger partial charge >= 0.3 is 5.97 Å². The van der Waals surface area contributed by atoms with E-state index in [1.54, 1.807) is 0 Å². The third-order valence-electron chi connectivity index (χ3n) is 1.77. The molecular weight excluding hydrogens is 250 g/mol. The third-order valence-corrected chi connectivity index (χ3v) is 4.13. The Balaban J connectivity index is 3.10. The van der Waals surface area contributed by atoms with Gasteiger partial charge in [-0.15, -0.1) is 0 Å². The zero-order valence-corrected chi connectivity index (χ0v) is 10.4. The Bertz CT molecular complexity index is 498. The molecule has 0 spiro atoms. The number of hydrogen-bond acceptors (Lipinski definition) is 5. The number of aliphatic carboxylic acids is 1. The molecule has 0 aliphatic carbocycles. The van der Waals surface area contributed by atoms with E-state index in [1.165, 1.54) is 25.3 Å². The first-order valence-electron chi connectivity index (χ1n) is 4.37. The highest BCUT2D eigenvalue weighted by Crippen LogP contribution is 2.27. The van der Waals surface area contributed by atoms with Crippen LogP contribution < -0.4 is 0 Å². The molecule has 1 aromatic rings. The largest absolute Gasteiger partial charge is 0.480 e. The van der Waals surface area contributed by atoms with Crippen LogP contribution in [0.4, 0.5) is 0 Å². The van der Waals surface area contributed by atoms with Crippen LogP contribution in [0, 0.1) is 0 Å². The molecule has 1 N–H and O–H groups in total. The van der Waals surface area contributed by atoms with E-state index in [1.807, 2.05) is 0 Å². The minimum absolute atomic E-state index is 0.0631. The van der Waals surface area contributed by atoms with E-state index in [0.29, 0.717) is 0 Å². The lowest BCUT2D eigenvalue weighted by Crippen LogP contribution is -2.12. The van der Waals surface area contributed by atoms with Gasteiger partial charge in [0.05, 0.1) is 4.90 Å². The predicted molar refractivity (Wildman–Crippen MR) is 60.3 cm³/mol. The summed E-state index contributed by atoms with van der Waals surface area (Å²) in [5, 5.41) is 8.22. The second-order valence-electron chi connectivity index (χ2n) is 3.18. The number of carboxylic acids is 1. The average Bonchev–Trinajstić information content (AvgIpc) is 2.16. The molecule has 0 aliphatic rings. The summed E-state index contributed by atoms with van der Waals surface area (Å²) in [7, 11) is -3.38. The fourth-order valence-electron chi connectivity index (χ4n) is 0.965. The number of hydrogen-bond donors (Lipinski definition) is 1. The summed E-state index contributed by atoms with van der Waals surface area (Å²) in [5.41, 5.74) is 0. The van der Waals surface area contributed by atoms with Crippen LogP contribution in [0.3, 0.4) is 0 Å². The van der Waals surface area contributed by atoms with Crippen molar-refractivity contribution in [2.45, 2.75) is 22.1 Å². The van der Waals surface area contributed by atoms with Crippen molar-refractivity contribution in [2.24, 2.45) is 0 Å². The van der Waals surface area contributed by atoms with E-state index in [4.69, 9.17) is 5.11 Å². The SMILES string of the molecule is CC(Sc1ncccc1S(C)(=O)=O)C(=O)O. The maximum absolute atomic E-state index is 11.4. The third kappa shape index (κ3) is 3.21. The summed E-state index contributed by atoms with van der Waals surface area (Å²) in [6, 6.07) is 2.92. The minimum atomic E-state index is -3.38. The van der Waals surface area contributed by atoms with Gasteiger partial charge in [-0.3, -0.25) is 4.79 Å². The van der Waals surface area contributed by atoms with Gasteiger partial charge in [0.1, 0.15) is 10.3 Å². The first-order valence-corrected chi connectivity index (χ1v) is 7.14. The summed E-state index contributed by atoms with van der Waals surface area (Å²) < 4.78 is 22.8. The first-order chi connectivity index (χ1) is 7.32. The van der Waals surface area contributed by atoms with Crippen molar-refractivity contribution in [1.82, 2.24) is 4.98 Å². The maximum Gasteiger partial charge on any atom is 0.316 e. The molecular formula is C9H11NO4S2. The summed E-state index contributed by atoms with van der Waals surface area (Å²) >= 11 is 0.915. The first kappa shape index (κ1) is 13.0. The Morgan fingerprint density at radius 2 is 2.19 bits per heavy atom. The smallest absolute Gasteiger partial charge is 0.316 e. The zero-order chi connectivity index (χ0) is 12.3. The van der Waals surface area contributed by atoms with Crippen LogP contribution in [0.5, 0.6) is 0 Å². The van der Waals surface area contributed by atoms with Gasteiger partial charge in [-0.25, -0.2) is 13.4 Å². The van der Waals surface area contributed by atoms with E-state index in [9.17, 15) is 13.2 Å². The van der Waals surface area contributed by atoms with Gasteiger partial charge in [0, 0.05) is 12.5 Å². The van der Waals surface area contributed by atoms with Crippen molar-refractivity contribution in [3.05, 3.63) is 18.3 Å². The van der Waals surface area contributed by atoms with Gasteiger partial charge in [-0.05, 0) is 19.1 Å². The molecule has 0 radical (unpaired) electrons. The van der Waals surface area contributed by atoms with E-state index in [2.05, 4.69) is 4.98 Å². The molecule has 0 aromatic carbocycles. The number of sulfone groups is 1. The van der Waals surface area contributed by atoms with Crippen LogP contribution in [0.2, 0.25) is 0 Å². The Kier molecular flexibility index (Phi) is 3.93. The molecule has 1 rings (SSSR count). The van der Waals surface area contributed by atoms with Crippen molar-refractivity contribution >= 4 is 27.6 Å². The van der Waals surface area contributed by atoms with Crippen molar-refractivity contribution in [1.29, 1.82) is 0 Å². The Hall–Kier alpha value is -1.08. The molecule has 0 fully saturated rings. The zero-order valence-electron chi connectivity index (χ0n) is 8.75. The average molecular weight is 261 g/mol. The van der Waals surface area contributed by atoms with Crippen LogP contribution in [0.25, 0.3) is 0 Å². The lowest BCUT2D eigenvalue weighted by molar-refractivity contribution is -0.136. The molecule has 0 bridgehead atoms. The molecule has 7 heteroatoms. The summed E-state index contributed by atoms with van der Waals surface area (Å²) in [6.07, 6.45) is 2.51. The molecule has 88 valence electrons. The summed E-state index contributed by atoms with van der Waals surface area (Å²) in [5.74, 6) is -1.00. The topological polar surface area (TPSA) is 84.3 Å². The van der Waals surface area contributed by atoms with Gasteiger partial charge in [-0.2, -0.15) is 0 Å².